The van der Waals surface area contributed by atoms with Crippen molar-refractivity contribution in [2.45, 2.75) is 58.4 Å². The van der Waals surface area contributed by atoms with Gasteiger partial charge in [0.25, 0.3) is 5.91 Å². The first-order valence-electron chi connectivity index (χ1n) is 12.3. The zero-order valence-electron chi connectivity index (χ0n) is 22.5. The minimum atomic E-state index is -4.57. The molecule has 0 aliphatic carbocycles. The number of amides is 1. The van der Waals surface area contributed by atoms with E-state index < -0.39 is 17.6 Å². The van der Waals surface area contributed by atoms with E-state index in [2.05, 4.69) is 14.7 Å². The van der Waals surface area contributed by atoms with Crippen molar-refractivity contribution in [3.8, 4) is 17.1 Å². The summed E-state index contributed by atoms with van der Waals surface area (Å²) in [4.78, 5) is 18.3. The number of pyridine rings is 1. The number of halogens is 4. The number of aryl methyl sites for hydroxylation is 1. The number of morpholine rings is 1. The van der Waals surface area contributed by atoms with Gasteiger partial charge >= 0.3 is 6.18 Å². The van der Waals surface area contributed by atoms with Gasteiger partial charge in [-0.1, -0.05) is 37.6 Å². The van der Waals surface area contributed by atoms with Gasteiger partial charge in [-0.05, 0) is 31.9 Å². The lowest BCUT2D eigenvalue weighted by Gasteiger charge is -2.41. The molecule has 2 atom stereocenters. The summed E-state index contributed by atoms with van der Waals surface area (Å²) >= 11 is 0. The van der Waals surface area contributed by atoms with Crippen molar-refractivity contribution in [2.24, 2.45) is 0 Å². The van der Waals surface area contributed by atoms with Crippen LogP contribution in [0.4, 0.5) is 23.2 Å². The van der Waals surface area contributed by atoms with Gasteiger partial charge in [-0.25, -0.2) is 9.37 Å². The van der Waals surface area contributed by atoms with Crippen molar-refractivity contribution < 1.29 is 42.9 Å². The van der Waals surface area contributed by atoms with Crippen molar-refractivity contribution in [3.05, 3.63) is 59.7 Å². The number of anilines is 1. The summed E-state index contributed by atoms with van der Waals surface area (Å²) in [7, 11) is 2.32. The summed E-state index contributed by atoms with van der Waals surface area (Å²) in [6.45, 7) is 5.63. The maximum atomic E-state index is 15.1. The molecule has 1 aromatic carbocycles. The number of hydrogen-bond acceptors (Lipinski definition) is 7. The maximum absolute atomic E-state index is 15.1. The summed E-state index contributed by atoms with van der Waals surface area (Å²) in [6, 6.07) is 6.84. The molecule has 0 bridgehead atoms. The van der Waals surface area contributed by atoms with E-state index in [0.717, 1.165) is 37.4 Å². The molecule has 1 saturated heterocycles. The molecule has 1 amide bonds. The number of hydrogen-bond donors (Lipinski definition) is 1. The number of nitrogens with zero attached hydrogens (tertiary/aromatic N) is 3. The van der Waals surface area contributed by atoms with Gasteiger partial charge in [-0.2, -0.15) is 13.2 Å². The minimum absolute atomic E-state index is 0. The second kappa shape index (κ2) is 14.6. The van der Waals surface area contributed by atoms with Crippen LogP contribution < -0.4 is 9.64 Å². The van der Waals surface area contributed by atoms with Gasteiger partial charge in [0.2, 0.25) is 5.88 Å². The van der Waals surface area contributed by atoms with Gasteiger partial charge in [0.05, 0.1) is 30.5 Å². The standard InChI is InChI=1S/C22H24F4N2O3.C4H5NO.CH4O.H2/c1-4-7-16-18(5-2)31-12-19(29)28(16)17-11-15(23)20(27-21(17)30-3)13-8-6-9-14(10-13)22(24,25)26;1-4-2-3-6-5-4;1-2;/h6,8-11,16,18H,4-5,7,12H2,1-3H3;2-3H,1H3;2H,1H3;1H/t16-,18-;;;/m1.../s1. The van der Waals surface area contributed by atoms with E-state index in [1.165, 1.54) is 24.1 Å². The number of benzene rings is 1. The van der Waals surface area contributed by atoms with Crippen LogP contribution in [0.1, 0.15) is 45.8 Å². The molecule has 3 aromatic rings. The molecule has 39 heavy (non-hydrogen) atoms. The highest BCUT2D eigenvalue weighted by molar-refractivity contribution is 5.97. The molecule has 8 nitrogen and oxygen atoms in total. The lowest BCUT2D eigenvalue weighted by atomic mass is 9.98. The van der Waals surface area contributed by atoms with E-state index in [0.29, 0.717) is 12.8 Å². The molecule has 216 valence electrons. The Bertz CT molecular complexity index is 1200. The number of aromatic nitrogens is 2. The molecule has 0 radical (unpaired) electrons. The van der Waals surface area contributed by atoms with Crippen molar-refractivity contribution in [3.63, 3.8) is 0 Å². The van der Waals surface area contributed by atoms with Crippen LogP contribution in [0, 0.1) is 12.7 Å². The van der Waals surface area contributed by atoms with E-state index in [4.69, 9.17) is 14.6 Å². The van der Waals surface area contributed by atoms with Gasteiger partial charge in [0.15, 0.2) is 5.82 Å². The number of alkyl halides is 3. The Labute approximate surface area is 226 Å². The quantitative estimate of drug-likeness (QED) is 0.368. The molecular weight excluding hydrogens is 522 g/mol. The van der Waals surface area contributed by atoms with Crippen LogP contribution in [0.3, 0.4) is 0 Å². The minimum Gasteiger partial charge on any atom is -0.479 e. The predicted octanol–water partition coefficient (Wildman–Crippen LogP) is 6.06. The van der Waals surface area contributed by atoms with Crippen LogP contribution in [-0.2, 0) is 15.7 Å². The van der Waals surface area contributed by atoms with E-state index >= 15 is 4.39 Å². The Morgan fingerprint density at radius 2 is 1.92 bits per heavy atom. The van der Waals surface area contributed by atoms with Gasteiger partial charge in [-0.3, -0.25) is 9.69 Å². The van der Waals surface area contributed by atoms with Crippen LogP contribution in [-0.4, -0.2) is 54.1 Å². The zero-order chi connectivity index (χ0) is 29.2. The molecule has 0 spiro atoms. The molecule has 0 unspecified atom stereocenters. The Morgan fingerprint density at radius 1 is 1.21 bits per heavy atom. The Kier molecular flexibility index (Phi) is 11.9. The molecule has 1 fully saturated rings. The Balaban J connectivity index is 0.000000774. The average molecular weight is 558 g/mol. The lowest BCUT2D eigenvalue weighted by Crippen LogP contribution is -2.54. The zero-order valence-corrected chi connectivity index (χ0v) is 22.5. The highest BCUT2D eigenvalue weighted by Crippen LogP contribution is 2.38. The Morgan fingerprint density at radius 3 is 2.44 bits per heavy atom. The number of aliphatic hydroxyl groups is 1. The van der Waals surface area contributed by atoms with Crippen molar-refractivity contribution in [2.75, 3.05) is 25.7 Å². The summed E-state index contributed by atoms with van der Waals surface area (Å²) in [5.41, 5.74) is -0.171. The topological polar surface area (TPSA) is 97.9 Å². The number of ether oxygens (including phenoxy) is 2. The predicted molar refractivity (Wildman–Crippen MR) is 139 cm³/mol. The van der Waals surface area contributed by atoms with Crippen molar-refractivity contribution in [1.82, 2.24) is 10.1 Å². The second-order valence-electron chi connectivity index (χ2n) is 8.44. The van der Waals surface area contributed by atoms with Crippen LogP contribution in [0.5, 0.6) is 5.88 Å². The SMILES string of the molecule is CCC[C@@H]1[C@@H](CC)OCC(=O)N1c1cc(F)c(-c2cccc(C(F)(F)F)c2)nc1OC.CO.Cc1ccon1.[HH]. The van der Waals surface area contributed by atoms with Gasteiger partial charge in [0, 0.05) is 26.2 Å². The van der Waals surface area contributed by atoms with Crippen LogP contribution in [0.15, 0.2) is 47.2 Å². The first kappa shape index (κ1) is 31.7. The van der Waals surface area contributed by atoms with Crippen LogP contribution in [0.2, 0.25) is 0 Å². The highest BCUT2D eigenvalue weighted by atomic mass is 19.4. The average Bonchev–Trinajstić information content (AvgIpc) is 3.41. The van der Waals surface area contributed by atoms with E-state index in [1.54, 1.807) is 12.3 Å². The summed E-state index contributed by atoms with van der Waals surface area (Å²) in [5.74, 6) is -1.24. The van der Waals surface area contributed by atoms with Gasteiger partial charge in [0.1, 0.15) is 24.3 Å². The number of methoxy groups -OCH3 is 1. The number of aliphatic hydroxyl groups excluding tert-OH is 1. The Hall–Kier alpha value is -3.51. The fourth-order valence-corrected chi connectivity index (χ4v) is 4.13. The molecule has 1 aliphatic heterocycles. The third-order valence-electron chi connectivity index (χ3n) is 5.84. The second-order valence-corrected chi connectivity index (χ2v) is 8.44. The fraction of sp³-hybridized carbons (Fsp3) is 0.444. The van der Waals surface area contributed by atoms with Gasteiger partial charge < -0.3 is 19.1 Å². The monoisotopic (exact) mass is 557 g/mol. The molecule has 3 heterocycles. The smallest absolute Gasteiger partial charge is 0.416 e. The molecule has 12 heteroatoms. The van der Waals surface area contributed by atoms with E-state index in [1.807, 2.05) is 20.8 Å². The van der Waals surface area contributed by atoms with Gasteiger partial charge in [-0.15, -0.1) is 0 Å². The molecule has 2 aromatic heterocycles. The summed E-state index contributed by atoms with van der Waals surface area (Å²) in [6.07, 6.45) is -1.18. The lowest BCUT2D eigenvalue weighted by molar-refractivity contribution is -0.137. The van der Waals surface area contributed by atoms with E-state index in [-0.39, 0.29) is 48.9 Å². The van der Waals surface area contributed by atoms with Crippen LogP contribution in [0.25, 0.3) is 11.3 Å². The number of carbonyl (C=O) groups is 1. The molecule has 0 saturated carbocycles. The summed E-state index contributed by atoms with van der Waals surface area (Å²) < 4.78 is 69.7. The number of carbonyl (C=O) groups excluding carboxylic acids is 1. The normalized spacial score (nSPS) is 17.1. The molecule has 1 N–H and O–H groups in total. The maximum Gasteiger partial charge on any atom is 0.416 e. The van der Waals surface area contributed by atoms with Crippen molar-refractivity contribution in [1.29, 1.82) is 0 Å². The highest BCUT2D eigenvalue weighted by Gasteiger charge is 2.38. The first-order valence-corrected chi connectivity index (χ1v) is 12.3. The van der Waals surface area contributed by atoms with Crippen LogP contribution >= 0.6 is 0 Å². The third kappa shape index (κ3) is 7.99. The third-order valence-corrected chi connectivity index (χ3v) is 5.84. The largest absolute Gasteiger partial charge is 0.479 e. The first-order chi connectivity index (χ1) is 18.6. The number of rotatable bonds is 6. The molecule has 1 aliphatic rings. The molecule has 4 rings (SSSR count). The molecular formula is C27H35F4N3O5. The summed E-state index contributed by atoms with van der Waals surface area (Å²) in [5, 5.41) is 10.5. The fourth-order valence-electron chi connectivity index (χ4n) is 4.13. The van der Waals surface area contributed by atoms with Crippen molar-refractivity contribution >= 4 is 11.6 Å². The van der Waals surface area contributed by atoms with E-state index in [9.17, 15) is 18.0 Å².